The molecule has 0 spiro atoms. The van der Waals surface area contributed by atoms with Crippen LogP contribution >= 0.6 is 27.3 Å². The molecule has 104 valence electrons. The number of anilines is 1. The van der Waals surface area contributed by atoms with Crippen LogP contribution in [0.15, 0.2) is 33.6 Å². The second-order valence-corrected chi connectivity index (χ2v) is 7.98. The van der Waals surface area contributed by atoms with Gasteiger partial charge in [0.2, 0.25) is 0 Å². The molecule has 0 aliphatic rings. The van der Waals surface area contributed by atoms with Crippen LogP contribution in [-0.2, 0) is 10.0 Å². The van der Waals surface area contributed by atoms with Gasteiger partial charge in [0.1, 0.15) is 11.1 Å². The molecule has 0 saturated heterocycles. The molecule has 0 radical (unpaired) electrons. The highest BCUT2D eigenvalue weighted by atomic mass is 79.9. The largest absolute Gasteiger partial charge is 0.269 e. The molecule has 2 aromatic rings. The van der Waals surface area contributed by atoms with Crippen molar-refractivity contribution in [3.05, 3.63) is 44.7 Å². The summed E-state index contributed by atoms with van der Waals surface area (Å²) < 4.78 is 27.8. The van der Waals surface area contributed by atoms with Crippen LogP contribution in [0.5, 0.6) is 0 Å². The molecule has 2 rings (SSSR count). The van der Waals surface area contributed by atoms with Crippen LogP contribution in [-0.4, -0.2) is 8.42 Å². The number of nitrogens with zero attached hydrogens (tertiary/aromatic N) is 1. The van der Waals surface area contributed by atoms with Crippen molar-refractivity contribution in [3.8, 4) is 6.07 Å². The van der Waals surface area contributed by atoms with Gasteiger partial charge in [0.05, 0.1) is 10.5 Å². The quantitative estimate of drug-likeness (QED) is 0.892. The molecular weight excluding hydrogens is 360 g/mol. The standard InChI is InChI=1S/C13H11BrN2O2S2/c1-8-9(2)19-13(12(8)7-15)16-20(17,18)11-5-3-10(14)4-6-11/h3-6,16H,1-2H3. The number of hydrogen-bond acceptors (Lipinski definition) is 4. The van der Waals surface area contributed by atoms with Gasteiger partial charge >= 0.3 is 0 Å². The average molecular weight is 371 g/mol. The third-order valence-corrected chi connectivity index (χ3v) is 5.99. The summed E-state index contributed by atoms with van der Waals surface area (Å²) in [6, 6.07) is 8.37. The minimum Gasteiger partial charge on any atom is -0.269 e. The van der Waals surface area contributed by atoms with Crippen molar-refractivity contribution in [1.29, 1.82) is 5.26 Å². The highest BCUT2D eigenvalue weighted by Crippen LogP contribution is 2.33. The fourth-order valence-electron chi connectivity index (χ4n) is 1.63. The van der Waals surface area contributed by atoms with Gasteiger partial charge in [-0.05, 0) is 43.7 Å². The van der Waals surface area contributed by atoms with Crippen LogP contribution in [0.4, 0.5) is 5.00 Å². The van der Waals surface area contributed by atoms with Crippen molar-refractivity contribution in [1.82, 2.24) is 0 Å². The second kappa shape index (κ2) is 5.56. The van der Waals surface area contributed by atoms with E-state index in [0.717, 1.165) is 14.9 Å². The molecule has 1 N–H and O–H groups in total. The van der Waals surface area contributed by atoms with E-state index in [1.807, 2.05) is 19.9 Å². The van der Waals surface area contributed by atoms with Crippen LogP contribution in [0.2, 0.25) is 0 Å². The summed E-state index contributed by atoms with van der Waals surface area (Å²) in [6.07, 6.45) is 0. The Labute approximate surface area is 130 Å². The fraction of sp³-hybridized carbons (Fsp3) is 0.154. The lowest BCUT2D eigenvalue weighted by Gasteiger charge is -2.06. The number of sulfonamides is 1. The van der Waals surface area contributed by atoms with Gasteiger partial charge in [-0.2, -0.15) is 5.26 Å². The van der Waals surface area contributed by atoms with Gasteiger partial charge in [0.15, 0.2) is 0 Å². The molecule has 0 unspecified atom stereocenters. The average Bonchev–Trinajstić information content (AvgIpc) is 2.64. The van der Waals surface area contributed by atoms with Crippen molar-refractivity contribution in [2.24, 2.45) is 0 Å². The van der Waals surface area contributed by atoms with E-state index < -0.39 is 10.0 Å². The first kappa shape index (κ1) is 15.0. The van der Waals surface area contributed by atoms with Gasteiger partial charge in [0.25, 0.3) is 10.0 Å². The molecule has 1 heterocycles. The number of halogens is 1. The van der Waals surface area contributed by atoms with Crippen molar-refractivity contribution in [2.45, 2.75) is 18.7 Å². The van der Waals surface area contributed by atoms with E-state index in [1.165, 1.54) is 23.5 Å². The highest BCUT2D eigenvalue weighted by molar-refractivity contribution is 9.10. The molecule has 7 heteroatoms. The van der Waals surface area contributed by atoms with Gasteiger partial charge in [-0.1, -0.05) is 15.9 Å². The maximum Gasteiger partial charge on any atom is 0.262 e. The number of thiophene rings is 1. The lowest BCUT2D eigenvalue weighted by molar-refractivity contribution is 0.601. The molecule has 4 nitrogen and oxygen atoms in total. The molecule has 1 aromatic heterocycles. The second-order valence-electron chi connectivity index (χ2n) is 4.16. The summed E-state index contributed by atoms with van der Waals surface area (Å²) in [5, 5.41) is 9.50. The van der Waals surface area contributed by atoms with Gasteiger partial charge in [-0.3, -0.25) is 4.72 Å². The maximum absolute atomic E-state index is 12.3. The predicted molar refractivity (Wildman–Crippen MR) is 83.5 cm³/mol. The Morgan fingerprint density at radius 3 is 2.40 bits per heavy atom. The smallest absolute Gasteiger partial charge is 0.262 e. The topological polar surface area (TPSA) is 70.0 Å². The van der Waals surface area contributed by atoms with Crippen LogP contribution in [0.25, 0.3) is 0 Å². The zero-order valence-corrected chi connectivity index (χ0v) is 14.0. The maximum atomic E-state index is 12.3. The van der Waals surface area contributed by atoms with Crippen molar-refractivity contribution in [3.63, 3.8) is 0 Å². The monoisotopic (exact) mass is 370 g/mol. The molecule has 0 amide bonds. The molecule has 0 fully saturated rings. The summed E-state index contributed by atoms with van der Waals surface area (Å²) in [4.78, 5) is 1.09. The Hall–Kier alpha value is -1.36. The Morgan fingerprint density at radius 1 is 1.25 bits per heavy atom. The first-order chi connectivity index (χ1) is 9.35. The van der Waals surface area contributed by atoms with Crippen LogP contribution in [0.3, 0.4) is 0 Å². The third-order valence-electron chi connectivity index (χ3n) is 2.85. The predicted octanol–water partition coefficient (Wildman–Crippen LogP) is 3.80. The summed E-state index contributed by atoms with van der Waals surface area (Å²) >= 11 is 4.53. The van der Waals surface area contributed by atoms with Crippen LogP contribution in [0, 0.1) is 25.2 Å². The summed E-state index contributed by atoms with van der Waals surface area (Å²) in [7, 11) is -3.68. The molecule has 0 saturated carbocycles. The zero-order valence-electron chi connectivity index (χ0n) is 10.8. The summed E-state index contributed by atoms with van der Waals surface area (Å²) in [5.74, 6) is 0. The van der Waals surface area contributed by atoms with E-state index in [4.69, 9.17) is 5.26 Å². The van der Waals surface area contributed by atoms with E-state index in [-0.39, 0.29) is 4.90 Å². The first-order valence-electron chi connectivity index (χ1n) is 5.63. The number of nitrogens with one attached hydrogen (secondary N) is 1. The van der Waals surface area contributed by atoms with Crippen molar-refractivity contribution < 1.29 is 8.42 Å². The highest BCUT2D eigenvalue weighted by Gasteiger charge is 2.19. The van der Waals surface area contributed by atoms with E-state index in [0.29, 0.717) is 10.6 Å². The number of aryl methyl sites for hydroxylation is 1. The van der Waals surface area contributed by atoms with Gasteiger partial charge in [-0.15, -0.1) is 11.3 Å². The third kappa shape index (κ3) is 2.87. The molecule has 0 atom stereocenters. The Kier molecular flexibility index (Phi) is 4.18. The minimum absolute atomic E-state index is 0.160. The molecular formula is C13H11BrN2O2S2. The van der Waals surface area contributed by atoms with Crippen LogP contribution in [0.1, 0.15) is 16.0 Å². The molecule has 0 bridgehead atoms. The molecule has 0 aliphatic heterocycles. The van der Waals surface area contributed by atoms with E-state index in [2.05, 4.69) is 20.7 Å². The summed E-state index contributed by atoms with van der Waals surface area (Å²) in [5.41, 5.74) is 1.19. The first-order valence-corrected chi connectivity index (χ1v) is 8.73. The Morgan fingerprint density at radius 2 is 1.85 bits per heavy atom. The van der Waals surface area contributed by atoms with Crippen molar-refractivity contribution >= 4 is 42.3 Å². The lowest BCUT2D eigenvalue weighted by atomic mass is 10.2. The lowest BCUT2D eigenvalue weighted by Crippen LogP contribution is -2.12. The molecule has 1 aromatic carbocycles. The number of benzene rings is 1. The van der Waals surface area contributed by atoms with Crippen LogP contribution < -0.4 is 4.72 Å². The zero-order chi connectivity index (χ0) is 14.9. The number of nitriles is 1. The van der Waals surface area contributed by atoms with Crippen molar-refractivity contribution in [2.75, 3.05) is 4.72 Å². The molecule has 20 heavy (non-hydrogen) atoms. The van der Waals surface area contributed by atoms with Gasteiger partial charge < -0.3 is 0 Å². The Balaban J connectivity index is 2.41. The molecule has 0 aliphatic carbocycles. The minimum atomic E-state index is -3.68. The van der Waals surface area contributed by atoms with E-state index >= 15 is 0 Å². The fourth-order valence-corrected chi connectivity index (χ4v) is 4.21. The number of rotatable bonds is 3. The SMILES string of the molecule is Cc1sc(NS(=O)(=O)c2ccc(Br)cc2)c(C#N)c1C. The van der Waals surface area contributed by atoms with Gasteiger partial charge in [0, 0.05) is 9.35 Å². The summed E-state index contributed by atoms with van der Waals surface area (Å²) in [6.45, 7) is 3.67. The van der Waals surface area contributed by atoms with Gasteiger partial charge in [-0.25, -0.2) is 8.42 Å². The number of hydrogen-bond donors (Lipinski definition) is 1. The Bertz CT molecular complexity index is 787. The normalized spacial score (nSPS) is 11.1. The van der Waals surface area contributed by atoms with E-state index in [1.54, 1.807) is 12.1 Å². The van der Waals surface area contributed by atoms with E-state index in [9.17, 15) is 8.42 Å².